The minimum atomic E-state index is -0.265. The molecule has 0 heterocycles. The van der Waals surface area contributed by atoms with Gasteiger partial charge in [-0.25, -0.2) is 5.43 Å². The van der Waals surface area contributed by atoms with E-state index in [-0.39, 0.29) is 5.91 Å². The maximum absolute atomic E-state index is 11.8. The fourth-order valence-corrected chi connectivity index (χ4v) is 1.75. The van der Waals surface area contributed by atoms with Gasteiger partial charge in [0.15, 0.2) is 0 Å². The molecule has 0 aliphatic heterocycles. The molecule has 1 amide bonds. The van der Waals surface area contributed by atoms with Crippen molar-refractivity contribution in [3.8, 4) is 0 Å². The third kappa shape index (κ3) is 4.89. The lowest BCUT2D eigenvalue weighted by atomic mass is 10.2. The largest absolute Gasteiger partial charge is 0.271 e. The van der Waals surface area contributed by atoms with E-state index >= 15 is 0 Å². The summed E-state index contributed by atoms with van der Waals surface area (Å²) < 4.78 is 0. The molecule has 3 nitrogen and oxygen atoms in total. The van der Waals surface area contributed by atoms with Crippen LogP contribution in [0.5, 0.6) is 0 Å². The lowest BCUT2D eigenvalue weighted by molar-refractivity contribution is 0.0955. The smallest absolute Gasteiger partial charge is 0.267 e. The molecule has 0 aliphatic carbocycles. The first-order valence-corrected chi connectivity index (χ1v) is 6.86. The Morgan fingerprint density at radius 2 is 1.76 bits per heavy atom. The molecule has 0 spiro atoms. The first-order valence-electron chi connectivity index (χ1n) is 6.48. The summed E-state index contributed by atoms with van der Waals surface area (Å²) in [7, 11) is 0. The standard InChI is InChI=1S/C17H15ClN2O/c1-13(7-8-14-5-3-2-4-6-14)19-20-17(21)15-9-11-16(18)12-10-15/h2-12H,1H3,(H,20,21)/b8-7+,19-13-. The molecule has 0 saturated carbocycles. The van der Waals surface area contributed by atoms with E-state index in [1.54, 1.807) is 24.3 Å². The average Bonchev–Trinajstić information content (AvgIpc) is 2.52. The molecule has 2 rings (SSSR count). The number of halogens is 1. The Hall–Kier alpha value is -2.39. The van der Waals surface area contributed by atoms with Gasteiger partial charge in [0.2, 0.25) is 0 Å². The van der Waals surface area contributed by atoms with Crippen molar-refractivity contribution in [3.63, 3.8) is 0 Å². The lowest BCUT2D eigenvalue weighted by Crippen LogP contribution is -2.18. The van der Waals surface area contributed by atoms with E-state index in [1.165, 1.54) is 0 Å². The van der Waals surface area contributed by atoms with E-state index in [2.05, 4.69) is 10.5 Å². The zero-order valence-corrected chi connectivity index (χ0v) is 12.3. The Balaban J connectivity index is 1.95. The first kappa shape index (κ1) is 15.0. The van der Waals surface area contributed by atoms with E-state index in [1.807, 2.05) is 49.4 Å². The molecule has 106 valence electrons. The first-order chi connectivity index (χ1) is 10.1. The van der Waals surface area contributed by atoms with Gasteiger partial charge in [-0.05, 0) is 42.8 Å². The molecule has 4 heteroatoms. The highest BCUT2D eigenvalue weighted by atomic mass is 35.5. The Bertz CT molecular complexity index is 661. The molecular formula is C17H15ClN2O. The normalized spacial score (nSPS) is 11.6. The monoisotopic (exact) mass is 298 g/mol. The highest BCUT2D eigenvalue weighted by molar-refractivity contribution is 6.30. The van der Waals surface area contributed by atoms with Crippen LogP contribution in [0.3, 0.4) is 0 Å². The van der Waals surface area contributed by atoms with Crippen LogP contribution >= 0.6 is 11.6 Å². The van der Waals surface area contributed by atoms with Gasteiger partial charge in [0.05, 0.1) is 5.71 Å². The summed E-state index contributed by atoms with van der Waals surface area (Å²) in [4.78, 5) is 11.8. The van der Waals surface area contributed by atoms with Gasteiger partial charge in [-0.1, -0.05) is 48.0 Å². The number of hydrogen-bond acceptors (Lipinski definition) is 2. The second kappa shape index (κ2) is 7.41. The SMILES string of the molecule is CC(/C=C/c1ccccc1)=N/NC(=O)c1ccc(Cl)cc1. The van der Waals surface area contributed by atoms with Crippen LogP contribution < -0.4 is 5.43 Å². The van der Waals surface area contributed by atoms with Crippen molar-refractivity contribution in [2.45, 2.75) is 6.92 Å². The van der Waals surface area contributed by atoms with Crippen LogP contribution in [0.25, 0.3) is 6.08 Å². The number of hydrogen-bond donors (Lipinski definition) is 1. The van der Waals surface area contributed by atoms with Crippen LogP contribution in [0.1, 0.15) is 22.8 Å². The maximum Gasteiger partial charge on any atom is 0.271 e. The quantitative estimate of drug-likeness (QED) is 0.668. The molecule has 0 bridgehead atoms. The third-order valence-electron chi connectivity index (χ3n) is 2.76. The molecule has 0 radical (unpaired) electrons. The number of rotatable bonds is 4. The van der Waals surface area contributed by atoms with Crippen molar-refractivity contribution < 1.29 is 4.79 Å². The van der Waals surface area contributed by atoms with E-state index in [4.69, 9.17) is 11.6 Å². The Labute approximate surface area is 129 Å². The molecule has 0 unspecified atom stereocenters. The molecule has 0 aliphatic rings. The molecule has 2 aromatic carbocycles. The molecule has 0 saturated heterocycles. The van der Waals surface area contributed by atoms with Crippen molar-refractivity contribution in [2.75, 3.05) is 0 Å². The number of allylic oxidation sites excluding steroid dienone is 1. The summed E-state index contributed by atoms with van der Waals surface area (Å²) in [5.41, 5.74) is 4.81. The van der Waals surface area contributed by atoms with E-state index in [0.29, 0.717) is 16.3 Å². The van der Waals surface area contributed by atoms with Crippen LogP contribution in [0.4, 0.5) is 0 Å². The number of nitrogens with one attached hydrogen (secondary N) is 1. The molecule has 2 aromatic rings. The summed E-state index contributed by atoms with van der Waals surface area (Å²) >= 11 is 5.77. The van der Waals surface area contributed by atoms with Gasteiger partial charge in [-0.3, -0.25) is 4.79 Å². The van der Waals surface area contributed by atoms with Gasteiger partial charge < -0.3 is 0 Å². The van der Waals surface area contributed by atoms with Crippen LogP contribution in [-0.2, 0) is 0 Å². The lowest BCUT2D eigenvalue weighted by Gasteiger charge is -2.00. The van der Waals surface area contributed by atoms with Gasteiger partial charge >= 0.3 is 0 Å². The topological polar surface area (TPSA) is 41.5 Å². The highest BCUT2D eigenvalue weighted by Crippen LogP contribution is 2.09. The second-order valence-corrected chi connectivity index (χ2v) is 4.88. The van der Waals surface area contributed by atoms with Gasteiger partial charge in [0, 0.05) is 10.6 Å². The Kier molecular flexibility index (Phi) is 5.29. The summed E-state index contributed by atoms with van der Waals surface area (Å²) in [6, 6.07) is 16.5. The summed E-state index contributed by atoms with van der Waals surface area (Å²) in [5, 5.41) is 4.63. The van der Waals surface area contributed by atoms with Crippen LogP contribution in [0.15, 0.2) is 65.8 Å². The zero-order chi connectivity index (χ0) is 15.1. The fraction of sp³-hybridized carbons (Fsp3) is 0.0588. The van der Waals surface area contributed by atoms with E-state index in [0.717, 1.165) is 5.56 Å². The molecule has 0 atom stereocenters. The Morgan fingerprint density at radius 3 is 2.43 bits per heavy atom. The van der Waals surface area contributed by atoms with Gasteiger partial charge in [0.1, 0.15) is 0 Å². The third-order valence-corrected chi connectivity index (χ3v) is 3.01. The number of amides is 1. The van der Waals surface area contributed by atoms with Crippen LogP contribution in [0.2, 0.25) is 5.02 Å². The number of carbonyl (C=O) groups is 1. The molecule has 1 N–H and O–H groups in total. The molecule has 0 aromatic heterocycles. The van der Waals surface area contributed by atoms with Crippen molar-refractivity contribution in [2.24, 2.45) is 5.10 Å². The summed E-state index contributed by atoms with van der Waals surface area (Å²) in [5.74, 6) is -0.265. The maximum atomic E-state index is 11.8. The van der Waals surface area contributed by atoms with Crippen molar-refractivity contribution in [1.82, 2.24) is 5.43 Å². The molecular weight excluding hydrogens is 284 g/mol. The highest BCUT2D eigenvalue weighted by Gasteiger charge is 2.03. The van der Waals surface area contributed by atoms with Crippen LogP contribution in [-0.4, -0.2) is 11.6 Å². The van der Waals surface area contributed by atoms with E-state index < -0.39 is 0 Å². The molecule has 21 heavy (non-hydrogen) atoms. The minimum absolute atomic E-state index is 0.265. The van der Waals surface area contributed by atoms with Crippen LogP contribution in [0, 0.1) is 0 Å². The summed E-state index contributed by atoms with van der Waals surface area (Å²) in [6.07, 6.45) is 3.78. The predicted molar refractivity (Wildman–Crippen MR) is 87.5 cm³/mol. The Morgan fingerprint density at radius 1 is 1.10 bits per heavy atom. The van der Waals surface area contributed by atoms with Gasteiger partial charge in [-0.15, -0.1) is 0 Å². The number of carbonyl (C=O) groups excluding carboxylic acids is 1. The van der Waals surface area contributed by atoms with E-state index in [9.17, 15) is 4.79 Å². The minimum Gasteiger partial charge on any atom is -0.267 e. The molecule has 0 fully saturated rings. The van der Waals surface area contributed by atoms with Crippen molar-refractivity contribution >= 4 is 29.3 Å². The van der Waals surface area contributed by atoms with Gasteiger partial charge in [-0.2, -0.15) is 5.10 Å². The summed E-state index contributed by atoms with van der Waals surface area (Å²) in [6.45, 7) is 1.82. The zero-order valence-electron chi connectivity index (χ0n) is 11.6. The van der Waals surface area contributed by atoms with Crippen molar-refractivity contribution in [1.29, 1.82) is 0 Å². The second-order valence-electron chi connectivity index (χ2n) is 4.45. The van der Waals surface area contributed by atoms with Crippen molar-refractivity contribution in [3.05, 3.63) is 76.8 Å². The number of benzene rings is 2. The van der Waals surface area contributed by atoms with Gasteiger partial charge in [0.25, 0.3) is 5.91 Å². The fourth-order valence-electron chi connectivity index (χ4n) is 1.62. The predicted octanol–water partition coefficient (Wildman–Crippen LogP) is 4.16. The average molecular weight is 299 g/mol. The number of hydrazone groups is 1. The number of nitrogens with zero attached hydrogens (tertiary/aromatic N) is 1.